The van der Waals surface area contributed by atoms with Gasteiger partial charge in [0.1, 0.15) is 5.76 Å². The second-order valence-corrected chi connectivity index (χ2v) is 7.57. The summed E-state index contributed by atoms with van der Waals surface area (Å²) in [6, 6.07) is 0.436. The Morgan fingerprint density at radius 2 is 2.23 bits per heavy atom. The first kappa shape index (κ1) is 13.2. The Labute approximate surface area is 129 Å². The van der Waals surface area contributed by atoms with E-state index in [2.05, 4.69) is 18.0 Å². The molecule has 2 fully saturated rings. The fourth-order valence-electron chi connectivity index (χ4n) is 5.63. The third kappa shape index (κ3) is 1.28. The van der Waals surface area contributed by atoms with Gasteiger partial charge in [0.05, 0.1) is 0 Å². The Morgan fingerprint density at radius 3 is 3.05 bits per heavy atom. The van der Waals surface area contributed by atoms with Crippen LogP contribution in [0.5, 0.6) is 0 Å². The third-order valence-electron chi connectivity index (χ3n) is 6.58. The fourth-order valence-corrected chi connectivity index (χ4v) is 5.63. The smallest absolute Gasteiger partial charge is 0.171 e. The Hall–Kier alpha value is -1.30. The van der Waals surface area contributed by atoms with Crippen LogP contribution in [0.25, 0.3) is 0 Å². The van der Waals surface area contributed by atoms with Crippen molar-refractivity contribution in [3.63, 3.8) is 0 Å². The van der Waals surface area contributed by atoms with Crippen molar-refractivity contribution in [3.8, 4) is 0 Å². The van der Waals surface area contributed by atoms with Gasteiger partial charge in [-0.1, -0.05) is 11.6 Å². The van der Waals surface area contributed by atoms with Gasteiger partial charge in [0.15, 0.2) is 17.6 Å². The van der Waals surface area contributed by atoms with Crippen LogP contribution in [0.3, 0.4) is 0 Å². The standard InChI is InChI=1S/C17H22N2O3/c1-19-7-6-16-10-4-5-17(18,21)15(16)22-14-12(20)3-2-9(13(14)16)8-11(10)19/h4-5,10-11,15,20-21H,2-3,6-8,18H2,1H3/t10-,11+,15+,16-,17-/m0/s1. The number of hydrogen-bond acceptors (Lipinski definition) is 5. The Kier molecular flexibility index (Phi) is 2.26. The molecule has 0 radical (unpaired) electrons. The van der Waals surface area contributed by atoms with Crippen molar-refractivity contribution in [1.82, 2.24) is 4.90 Å². The number of rotatable bonds is 0. The molecule has 118 valence electrons. The molecule has 0 unspecified atom stereocenters. The molecule has 0 amide bonds. The van der Waals surface area contributed by atoms with Crippen molar-refractivity contribution in [1.29, 1.82) is 0 Å². The van der Waals surface area contributed by atoms with E-state index in [-0.39, 0.29) is 5.41 Å². The van der Waals surface area contributed by atoms with Crippen molar-refractivity contribution < 1.29 is 14.9 Å². The molecule has 0 aromatic heterocycles. The molecule has 5 heteroatoms. The molecule has 3 aliphatic carbocycles. The number of nitrogens with zero attached hydrogens (tertiary/aromatic N) is 1. The quantitative estimate of drug-likeness (QED) is 0.462. The summed E-state index contributed by atoms with van der Waals surface area (Å²) in [6.45, 7) is 0.968. The molecule has 0 saturated carbocycles. The van der Waals surface area contributed by atoms with E-state index >= 15 is 0 Å². The summed E-state index contributed by atoms with van der Waals surface area (Å²) < 4.78 is 6.12. The van der Waals surface area contributed by atoms with Crippen molar-refractivity contribution in [2.75, 3.05) is 13.6 Å². The average Bonchev–Trinajstić information content (AvgIpc) is 2.83. The van der Waals surface area contributed by atoms with Gasteiger partial charge in [0.25, 0.3) is 0 Å². The molecule has 5 nitrogen and oxygen atoms in total. The molecule has 0 aromatic carbocycles. The van der Waals surface area contributed by atoms with E-state index in [1.807, 2.05) is 0 Å². The van der Waals surface area contributed by atoms with E-state index in [0.717, 1.165) is 25.8 Å². The zero-order chi connectivity index (χ0) is 15.3. The molecule has 5 rings (SSSR count). The van der Waals surface area contributed by atoms with Crippen molar-refractivity contribution in [2.24, 2.45) is 17.1 Å². The van der Waals surface area contributed by atoms with Crippen molar-refractivity contribution >= 4 is 0 Å². The van der Waals surface area contributed by atoms with Crippen LogP contribution in [0.4, 0.5) is 0 Å². The molecule has 2 aliphatic heterocycles. The zero-order valence-electron chi connectivity index (χ0n) is 12.7. The predicted molar refractivity (Wildman–Crippen MR) is 80.6 cm³/mol. The van der Waals surface area contributed by atoms with Gasteiger partial charge >= 0.3 is 0 Å². The molecule has 4 N–H and O–H groups in total. The summed E-state index contributed by atoms with van der Waals surface area (Å²) in [7, 11) is 2.18. The number of ether oxygens (including phenoxy) is 1. The van der Waals surface area contributed by atoms with E-state index in [9.17, 15) is 10.2 Å². The molecule has 2 saturated heterocycles. The zero-order valence-corrected chi connectivity index (χ0v) is 12.7. The van der Waals surface area contributed by atoms with E-state index in [1.165, 1.54) is 11.1 Å². The molecule has 2 heterocycles. The Morgan fingerprint density at radius 1 is 1.41 bits per heavy atom. The van der Waals surface area contributed by atoms with E-state index < -0.39 is 11.8 Å². The minimum absolute atomic E-state index is 0.271. The summed E-state index contributed by atoms with van der Waals surface area (Å²) in [5.74, 6) is 1.24. The minimum atomic E-state index is -1.48. The first-order valence-corrected chi connectivity index (χ1v) is 8.17. The number of nitrogens with two attached hydrogens (primary N) is 1. The lowest BCUT2D eigenvalue weighted by atomic mass is 9.51. The summed E-state index contributed by atoms with van der Waals surface area (Å²) in [4.78, 5) is 2.43. The van der Waals surface area contributed by atoms with E-state index in [1.54, 1.807) is 6.08 Å². The average molecular weight is 302 g/mol. The molecular weight excluding hydrogens is 280 g/mol. The third-order valence-corrected chi connectivity index (χ3v) is 6.58. The van der Waals surface area contributed by atoms with Gasteiger partial charge < -0.3 is 19.8 Å². The second kappa shape index (κ2) is 3.78. The van der Waals surface area contributed by atoms with E-state index in [0.29, 0.717) is 29.9 Å². The summed E-state index contributed by atoms with van der Waals surface area (Å²) >= 11 is 0. The molecule has 1 spiro atoms. The molecule has 2 bridgehead atoms. The monoisotopic (exact) mass is 302 g/mol. The van der Waals surface area contributed by atoms with Gasteiger partial charge in [-0.15, -0.1) is 0 Å². The van der Waals surface area contributed by atoms with Gasteiger partial charge in [-0.3, -0.25) is 5.73 Å². The van der Waals surface area contributed by atoms with Crippen LogP contribution < -0.4 is 5.73 Å². The van der Waals surface area contributed by atoms with Crippen LogP contribution >= 0.6 is 0 Å². The van der Waals surface area contributed by atoms with Crippen LogP contribution in [-0.4, -0.2) is 46.6 Å². The Balaban J connectivity index is 1.82. The van der Waals surface area contributed by atoms with Gasteiger partial charge in [-0.2, -0.15) is 0 Å². The number of piperidine rings is 1. The predicted octanol–water partition coefficient (Wildman–Crippen LogP) is 1.17. The van der Waals surface area contributed by atoms with Gasteiger partial charge in [-0.05, 0) is 38.9 Å². The number of likely N-dealkylation sites (tertiary alicyclic amines) is 1. The maximum absolute atomic E-state index is 10.7. The van der Waals surface area contributed by atoms with Gasteiger partial charge in [0, 0.05) is 29.4 Å². The lowest BCUT2D eigenvalue weighted by Gasteiger charge is -2.58. The first-order chi connectivity index (χ1) is 10.4. The van der Waals surface area contributed by atoms with Crippen molar-refractivity contribution in [2.45, 2.75) is 43.6 Å². The number of hydrogen-bond donors (Lipinski definition) is 3. The molecular formula is C17H22N2O3. The Bertz CT molecular complexity index is 663. The lowest BCUT2D eigenvalue weighted by Crippen LogP contribution is -2.67. The highest BCUT2D eigenvalue weighted by Gasteiger charge is 2.68. The molecule has 5 aliphatic rings. The SMILES string of the molecule is CN1CC[C@]23C4=C5CCC(O)=C4O[C@H]2[C@@](N)(O)C=C[C@H]3[C@H]1C5. The largest absolute Gasteiger partial charge is 0.508 e. The van der Waals surface area contributed by atoms with Crippen LogP contribution in [-0.2, 0) is 4.74 Å². The summed E-state index contributed by atoms with van der Waals surface area (Å²) in [6.07, 6.45) is 6.77. The highest BCUT2D eigenvalue weighted by Crippen LogP contribution is 2.66. The molecule has 5 atom stereocenters. The van der Waals surface area contributed by atoms with Crippen molar-refractivity contribution in [3.05, 3.63) is 34.8 Å². The summed E-state index contributed by atoms with van der Waals surface area (Å²) in [5.41, 5.74) is 6.98. The maximum atomic E-state index is 10.7. The lowest BCUT2D eigenvalue weighted by molar-refractivity contribution is -0.125. The topological polar surface area (TPSA) is 79.0 Å². The number of aliphatic hydroxyl groups excluding tert-OH is 1. The minimum Gasteiger partial charge on any atom is -0.508 e. The second-order valence-electron chi connectivity index (χ2n) is 7.57. The number of allylic oxidation sites excluding steroid dienone is 2. The van der Waals surface area contributed by atoms with Gasteiger partial charge in [-0.25, -0.2) is 0 Å². The highest BCUT2D eigenvalue weighted by molar-refractivity contribution is 5.53. The molecule has 22 heavy (non-hydrogen) atoms. The maximum Gasteiger partial charge on any atom is 0.171 e. The fraction of sp³-hybridized carbons (Fsp3) is 0.647. The van der Waals surface area contributed by atoms with E-state index in [4.69, 9.17) is 10.5 Å². The highest BCUT2D eigenvalue weighted by atomic mass is 16.5. The molecule has 0 aromatic rings. The van der Waals surface area contributed by atoms with Crippen LogP contribution in [0.15, 0.2) is 34.8 Å². The summed E-state index contributed by atoms with van der Waals surface area (Å²) in [5, 5.41) is 21.0. The van der Waals surface area contributed by atoms with Gasteiger partial charge in [0.2, 0.25) is 0 Å². The normalized spacial score (nSPS) is 49.3. The van der Waals surface area contributed by atoms with Crippen LogP contribution in [0.1, 0.15) is 25.7 Å². The number of aliphatic hydroxyl groups is 2. The van der Waals surface area contributed by atoms with Crippen LogP contribution in [0, 0.1) is 11.3 Å². The first-order valence-electron chi connectivity index (χ1n) is 8.17. The van der Waals surface area contributed by atoms with Crippen LogP contribution in [0.2, 0.25) is 0 Å².